The zero-order chi connectivity index (χ0) is 18.2. The number of hydrogen-bond acceptors (Lipinski definition) is 2. The van der Waals surface area contributed by atoms with Gasteiger partial charge in [-0.3, -0.25) is 0 Å². The predicted octanol–water partition coefficient (Wildman–Crippen LogP) is 0.830. The predicted molar refractivity (Wildman–Crippen MR) is 111 cm³/mol. The van der Waals surface area contributed by atoms with Crippen LogP contribution in [0.5, 0.6) is 0 Å². The van der Waals surface area contributed by atoms with E-state index in [1.807, 2.05) is 12.1 Å². The van der Waals surface area contributed by atoms with E-state index in [1.165, 1.54) is 26.9 Å². The van der Waals surface area contributed by atoms with Crippen molar-refractivity contribution in [3.63, 3.8) is 0 Å². The van der Waals surface area contributed by atoms with Crippen LogP contribution in [0, 0.1) is 0 Å². The van der Waals surface area contributed by atoms with Crippen LogP contribution in [0.15, 0.2) is 79.9 Å². The molecule has 0 spiro atoms. The molecular weight excluding hydrogens is 330 g/mol. The van der Waals surface area contributed by atoms with Gasteiger partial charge < -0.3 is 11.6 Å². The molecule has 126 valence electrons. The first-order valence-electron chi connectivity index (χ1n) is 8.06. The first-order valence-corrected chi connectivity index (χ1v) is 8.06. The summed E-state index contributed by atoms with van der Waals surface area (Å²) in [6, 6.07) is 23.3. The molecule has 2 N–H and O–H groups in total. The maximum absolute atomic E-state index is 7.62. The maximum atomic E-state index is 7.62. The van der Waals surface area contributed by atoms with E-state index in [9.17, 15) is 0 Å². The van der Waals surface area contributed by atoms with Crippen molar-refractivity contribution in [2.75, 3.05) is 13.2 Å². The maximum Gasteiger partial charge on any atom is 1.00 e. The molecule has 0 unspecified atom stereocenters. The van der Waals surface area contributed by atoms with E-state index in [-0.39, 0.29) is 44.2 Å². The fourth-order valence-corrected chi connectivity index (χ4v) is 2.83. The number of hydrogen-bond donors (Lipinski definition) is 2. The Hall–Kier alpha value is -1.62. The van der Waals surface area contributed by atoms with E-state index in [0.29, 0.717) is 0 Å². The Morgan fingerprint density at radius 3 is 1.88 bits per heavy atom. The zero-order valence-corrected chi connectivity index (χ0v) is 17.2. The van der Waals surface area contributed by atoms with Gasteiger partial charge in [0, 0.05) is 0 Å². The van der Waals surface area contributed by atoms with Crippen molar-refractivity contribution in [1.29, 1.82) is 0 Å². The number of benzene rings is 4. The minimum absolute atomic E-state index is 0. The molecule has 26 heavy (non-hydrogen) atoms. The quantitative estimate of drug-likeness (QED) is 0.231. The van der Waals surface area contributed by atoms with Crippen LogP contribution < -0.4 is 35.0 Å². The van der Waals surface area contributed by atoms with E-state index in [4.69, 9.17) is 18.1 Å². The van der Waals surface area contributed by atoms with Crippen LogP contribution in [0.25, 0.3) is 32.3 Å². The molecule has 0 saturated carbocycles. The molecule has 0 amide bonds. The molecule has 0 bridgehead atoms. The van der Waals surface area contributed by atoms with Crippen molar-refractivity contribution in [3.05, 3.63) is 79.9 Å². The van der Waals surface area contributed by atoms with Crippen LogP contribution in [0.2, 0.25) is 0 Å². The molecule has 0 aliphatic rings. The third-order valence-corrected chi connectivity index (χ3v) is 3.86. The SMILES string of the molecule is C=C.OCCO.[B]c1cccc2ccc3cc4ccccc4cc3c12.[H-].[Na+]. The molecule has 4 aromatic rings. The van der Waals surface area contributed by atoms with E-state index in [2.05, 4.69) is 67.8 Å². The molecule has 0 fully saturated rings. The number of rotatable bonds is 1. The molecule has 0 heterocycles. The molecule has 4 aromatic carbocycles. The topological polar surface area (TPSA) is 40.5 Å². The van der Waals surface area contributed by atoms with E-state index < -0.39 is 0 Å². The molecule has 0 aliphatic heterocycles. The van der Waals surface area contributed by atoms with Crippen molar-refractivity contribution in [1.82, 2.24) is 0 Å². The van der Waals surface area contributed by atoms with Gasteiger partial charge in [-0.1, -0.05) is 60.1 Å². The van der Waals surface area contributed by atoms with E-state index >= 15 is 0 Å². The Balaban J connectivity index is 0.000000759. The van der Waals surface area contributed by atoms with Gasteiger partial charge in [0.2, 0.25) is 0 Å². The second-order valence-electron chi connectivity index (χ2n) is 5.38. The molecular formula is C22H22BNaO2. The van der Waals surface area contributed by atoms with Gasteiger partial charge in [-0.25, -0.2) is 0 Å². The van der Waals surface area contributed by atoms with Gasteiger partial charge in [0.15, 0.2) is 0 Å². The van der Waals surface area contributed by atoms with Gasteiger partial charge in [0.1, 0.15) is 7.85 Å². The molecule has 2 radical (unpaired) electrons. The second-order valence-corrected chi connectivity index (χ2v) is 5.38. The van der Waals surface area contributed by atoms with Crippen LogP contribution in [-0.4, -0.2) is 31.3 Å². The Bertz CT molecular complexity index is 990. The largest absolute Gasteiger partial charge is 1.00 e. The molecule has 4 heteroatoms. The summed E-state index contributed by atoms with van der Waals surface area (Å²) in [5.74, 6) is 0. The molecule has 2 nitrogen and oxygen atoms in total. The fourth-order valence-electron chi connectivity index (χ4n) is 2.83. The minimum atomic E-state index is -0.125. The molecule has 0 atom stereocenters. The summed E-state index contributed by atoms with van der Waals surface area (Å²) in [5.41, 5.74) is 0.846. The van der Waals surface area contributed by atoms with E-state index in [0.717, 1.165) is 10.8 Å². The summed E-state index contributed by atoms with van der Waals surface area (Å²) in [6.45, 7) is 5.75. The molecule has 0 saturated heterocycles. The van der Waals surface area contributed by atoms with Crippen LogP contribution in [0.1, 0.15) is 1.43 Å². The van der Waals surface area contributed by atoms with Crippen LogP contribution in [0.4, 0.5) is 0 Å². The average molecular weight is 352 g/mol. The normalized spacial score (nSPS) is 9.62. The summed E-state index contributed by atoms with van der Waals surface area (Å²) in [4.78, 5) is 0. The van der Waals surface area contributed by atoms with Crippen LogP contribution in [-0.2, 0) is 0 Å². The summed E-state index contributed by atoms with van der Waals surface area (Å²) in [7, 11) is 6.17. The van der Waals surface area contributed by atoms with Gasteiger partial charge in [-0.05, 0) is 44.5 Å². The minimum Gasteiger partial charge on any atom is -1.00 e. The standard InChI is InChI=1S/C18H11B.C2H6O2.C2H4.Na.H/c19-17-7-3-6-12-8-9-15-10-13-4-1-2-5-14(13)11-16(15)18(12)17;3-1-2-4;1-2;;/h1-11H;3-4H,1-2H2;1-2H2;;/q;;;+1;-1. The van der Waals surface area contributed by atoms with Crippen molar-refractivity contribution in [3.8, 4) is 0 Å². The number of aliphatic hydroxyl groups is 2. The monoisotopic (exact) mass is 352 g/mol. The van der Waals surface area contributed by atoms with Gasteiger partial charge in [-0.15, -0.1) is 13.2 Å². The summed E-state index contributed by atoms with van der Waals surface area (Å²) in [5, 5.41) is 22.6. The molecule has 4 rings (SSSR count). The van der Waals surface area contributed by atoms with Gasteiger partial charge in [0.05, 0.1) is 13.2 Å². The first-order chi connectivity index (χ1) is 12.2. The van der Waals surface area contributed by atoms with Gasteiger partial charge in [0.25, 0.3) is 0 Å². The summed E-state index contributed by atoms with van der Waals surface area (Å²) >= 11 is 0. The Morgan fingerprint density at radius 2 is 1.27 bits per heavy atom. The summed E-state index contributed by atoms with van der Waals surface area (Å²) in [6.07, 6.45) is 0. The third kappa shape index (κ3) is 4.97. The zero-order valence-electron chi connectivity index (χ0n) is 16.2. The first kappa shape index (κ1) is 22.4. The Morgan fingerprint density at radius 1 is 0.731 bits per heavy atom. The van der Waals surface area contributed by atoms with E-state index in [1.54, 1.807) is 0 Å². The molecule has 0 aliphatic carbocycles. The van der Waals surface area contributed by atoms with Gasteiger partial charge >= 0.3 is 29.6 Å². The summed E-state index contributed by atoms with van der Waals surface area (Å²) < 4.78 is 0. The van der Waals surface area contributed by atoms with Crippen molar-refractivity contribution >= 4 is 45.6 Å². The van der Waals surface area contributed by atoms with Crippen LogP contribution in [0.3, 0.4) is 0 Å². The second kappa shape index (κ2) is 11.2. The fraction of sp³-hybridized carbons (Fsp3) is 0.0909. The third-order valence-electron chi connectivity index (χ3n) is 3.86. The van der Waals surface area contributed by atoms with Crippen molar-refractivity contribution < 1.29 is 41.2 Å². The smallest absolute Gasteiger partial charge is 1.00 e. The van der Waals surface area contributed by atoms with Gasteiger partial charge in [-0.2, -0.15) is 0 Å². The van der Waals surface area contributed by atoms with Crippen molar-refractivity contribution in [2.45, 2.75) is 0 Å². The van der Waals surface area contributed by atoms with Crippen LogP contribution >= 0.6 is 0 Å². The number of fused-ring (bicyclic) bond motifs is 4. The Labute approximate surface area is 179 Å². The molecule has 0 aromatic heterocycles. The number of aliphatic hydroxyl groups excluding tert-OH is 2. The average Bonchev–Trinajstić information content (AvgIpc) is 2.68. The Kier molecular flexibility index (Phi) is 9.64. The van der Waals surface area contributed by atoms with Crippen molar-refractivity contribution in [2.24, 2.45) is 0 Å².